The fourth-order valence-electron chi connectivity index (χ4n) is 3.70. The normalized spacial score (nSPS) is 14.4. The molecule has 30 heavy (non-hydrogen) atoms. The summed E-state index contributed by atoms with van der Waals surface area (Å²) in [6, 6.07) is 13.6. The van der Waals surface area contributed by atoms with Crippen molar-refractivity contribution in [3.05, 3.63) is 59.2 Å². The van der Waals surface area contributed by atoms with Crippen molar-refractivity contribution in [1.29, 1.82) is 0 Å². The van der Waals surface area contributed by atoms with Crippen molar-refractivity contribution in [3.63, 3.8) is 0 Å². The molecule has 1 fully saturated rings. The first-order valence-corrected chi connectivity index (χ1v) is 10.3. The van der Waals surface area contributed by atoms with Gasteiger partial charge in [0.2, 0.25) is 0 Å². The molecule has 1 saturated heterocycles. The highest BCUT2D eigenvalue weighted by molar-refractivity contribution is 5.94. The minimum absolute atomic E-state index is 0.000827. The van der Waals surface area contributed by atoms with Crippen molar-refractivity contribution in [2.24, 2.45) is 0 Å². The van der Waals surface area contributed by atoms with Crippen LogP contribution in [0.5, 0.6) is 5.75 Å². The van der Waals surface area contributed by atoms with E-state index >= 15 is 0 Å². The molecule has 6 nitrogen and oxygen atoms in total. The van der Waals surface area contributed by atoms with Crippen LogP contribution in [0.25, 0.3) is 0 Å². The Morgan fingerprint density at radius 2 is 1.63 bits per heavy atom. The quantitative estimate of drug-likeness (QED) is 0.561. The van der Waals surface area contributed by atoms with Crippen LogP contribution < -0.4 is 9.79 Å². The third-order valence-corrected chi connectivity index (χ3v) is 5.29. The molecule has 0 aromatic heterocycles. The molecule has 0 N–H and O–H groups in total. The summed E-state index contributed by atoms with van der Waals surface area (Å²) < 4.78 is 0. The van der Waals surface area contributed by atoms with Crippen LogP contribution in [0.3, 0.4) is 0 Å². The Morgan fingerprint density at radius 3 is 2.23 bits per heavy atom. The Morgan fingerprint density at radius 1 is 0.967 bits per heavy atom. The van der Waals surface area contributed by atoms with Crippen LogP contribution in [0.4, 0.5) is 5.69 Å². The Balaban J connectivity index is 1.66. The number of anilines is 1. The third kappa shape index (κ3) is 4.93. The Hall–Kier alpha value is -3.02. The number of nitrogens with zero attached hydrogens (tertiary/aromatic N) is 2. The van der Waals surface area contributed by atoms with Gasteiger partial charge in [-0.2, -0.15) is 0 Å². The van der Waals surface area contributed by atoms with Crippen molar-refractivity contribution in [3.8, 4) is 5.75 Å². The number of rotatable bonds is 4. The molecule has 1 aliphatic heterocycles. The Labute approximate surface area is 178 Å². The van der Waals surface area contributed by atoms with Gasteiger partial charge in [-0.05, 0) is 47.7 Å². The highest BCUT2D eigenvalue weighted by Gasteiger charge is 2.26. The second-order valence-corrected chi connectivity index (χ2v) is 8.68. The Kier molecular flexibility index (Phi) is 6.34. The molecule has 0 spiro atoms. The molecule has 1 aliphatic rings. The van der Waals surface area contributed by atoms with Gasteiger partial charge >= 0.3 is 5.97 Å². The monoisotopic (exact) mass is 410 g/mol. The number of para-hydroxylation sites is 1. The molecule has 0 aliphatic carbocycles. The van der Waals surface area contributed by atoms with Gasteiger partial charge < -0.3 is 9.80 Å². The maximum atomic E-state index is 13.0. The topological polar surface area (TPSA) is 59.1 Å². The van der Waals surface area contributed by atoms with Crippen molar-refractivity contribution in [2.45, 2.75) is 40.0 Å². The number of piperazine rings is 1. The highest BCUT2D eigenvalue weighted by atomic mass is 17.2. The van der Waals surface area contributed by atoms with Crippen LogP contribution in [-0.4, -0.2) is 43.0 Å². The molecular weight excluding hydrogens is 380 g/mol. The third-order valence-electron chi connectivity index (χ3n) is 5.29. The summed E-state index contributed by atoms with van der Waals surface area (Å²) in [5, 5.41) is 0. The van der Waals surface area contributed by atoms with Gasteiger partial charge in [0.15, 0.2) is 5.75 Å². The smallest absolute Gasteiger partial charge is 0.352 e. The van der Waals surface area contributed by atoms with E-state index in [0.29, 0.717) is 24.4 Å². The minimum Gasteiger partial charge on any atom is -0.368 e. The zero-order valence-electron chi connectivity index (χ0n) is 18.4. The summed E-state index contributed by atoms with van der Waals surface area (Å²) in [4.78, 5) is 37.7. The second-order valence-electron chi connectivity index (χ2n) is 8.68. The minimum atomic E-state index is -0.527. The van der Waals surface area contributed by atoms with Crippen molar-refractivity contribution in [2.75, 3.05) is 31.1 Å². The zero-order chi connectivity index (χ0) is 21.9. The van der Waals surface area contributed by atoms with Gasteiger partial charge in [0.05, 0.1) is 0 Å². The van der Waals surface area contributed by atoms with E-state index in [1.54, 1.807) is 18.2 Å². The summed E-state index contributed by atoms with van der Waals surface area (Å²) in [7, 11) is 0. The van der Waals surface area contributed by atoms with E-state index in [0.717, 1.165) is 18.7 Å². The molecule has 0 saturated carbocycles. The van der Waals surface area contributed by atoms with Gasteiger partial charge in [-0.1, -0.05) is 39.0 Å². The predicted molar refractivity (Wildman–Crippen MR) is 117 cm³/mol. The van der Waals surface area contributed by atoms with E-state index < -0.39 is 5.97 Å². The van der Waals surface area contributed by atoms with E-state index in [9.17, 15) is 9.59 Å². The molecule has 0 bridgehead atoms. The lowest BCUT2D eigenvalue weighted by Gasteiger charge is -2.38. The number of benzene rings is 2. The van der Waals surface area contributed by atoms with Crippen LogP contribution in [0, 0.1) is 6.92 Å². The van der Waals surface area contributed by atoms with E-state index in [1.807, 2.05) is 11.8 Å². The van der Waals surface area contributed by atoms with E-state index in [2.05, 4.69) is 54.8 Å². The van der Waals surface area contributed by atoms with Crippen LogP contribution in [0.1, 0.15) is 49.2 Å². The summed E-state index contributed by atoms with van der Waals surface area (Å²) in [6.07, 6.45) is 0. The first-order chi connectivity index (χ1) is 14.2. The number of amides is 1. The number of hydrogen-bond acceptors (Lipinski definition) is 5. The lowest BCUT2D eigenvalue weighted by atomic mass is 9.85. The van der Waals surface area contributed by atoms with Crippen LogP contribution in [0.2, 0.25) is 0 Å². The van der Waals surface area contributed by atoms with Gasteiger partial charge in [-0.25, -0.2) is 4.79 Å². The fourth-order valence-corrected chi connectivity index (χ4v) is 3.70. The van der Waals surface area contributed by atoms with Gasteiger partial charge in [0, 0.05) is 44.4 Å². The average molecular weight is 411 g/mol. The molecule has 3 rings (SSSR count). The van der Waals surface area contributed by atoms with Gasteiger partial charge in [0.1, 0.15) is 0 Å². The molecular formula is C24H30N2O4. The number of carbonyl (C=O) groups excluding carboxylic acids is 2. The lowest BCUT2D eigenvalue weighted by Crippen LogP contribution is -2.49. The molecule has 2 aromatic carbocycles. The molecule has 0 radical (unpaired) electrons. The fraction of sp³-hybridized carbons (Fsp3) is 0.417. The van der Waals surface area contributed by atoms with E-state index in [1.165, 1.54) is 18.2 Å². The zero-order valence-corrected chi connectivity index (χ0v) is 18.4. The molecule has 0 atom stereocenters. The van der Waals surface area contributed by atoms with Gasteiger partial charge in [-0.3, -0.25) is 14.6 Å². The SMILES string of the molecule is CC(=O)OOc1ccc(C(=O)N2CCN(c3ccccc3C(C)(C)C)CC2)cc1C. The molecule has 6 heteroatoms. The number of aryl methyl sites for hydroxylation is 1. The van der Waals surface area contributed by atoms with Gasteiger partial charge in [-0.15, -0.1) is 0 Å². The van der Waals surface area contributed by atoms with Crippen molar-refractivity contribution in [1.82, 2.24) is 4.90 Å². The molecule has 1 heterocycles. The standard InChI is InChI=1S/C24H30N2O4/c1-17-16-19(10-11-22(17)30-29-18(2)27)23(28)26-14-12-25(13-15-26)21-9-7-6-8-20(21)24(3,4)5/h6-11,16H,12-15H2,1-5H3. The van der Waals surface area contributed by atoms with Crippen molar-refractivity contribution < 1.29 is 19.4 Å². The molecule has 2 aromatic rings. The maximum Gasteiger partial charge on any atom is 0.352 e. The number of carbonyl (C=O) groups is 2. The second kappa shape index (κ2) is 8.78. The number of hydrogen-bond donors (Lipinski definition) is 0. The summed E-state index contributed by atoms with van der Waals surface area (Å²) in [6.45, 7) is 12.7. The van der Waals surface area contributed by atoms with Crippen molar-refractivity contribution >= 4 is 17.6 Å². The first-order valence-electron chi connectivity index (χ1n) is 10.3. The van der Waals surface area contributed by atoms with Crippen LogP contribution in [-0.2, 0) is 15.1 Å². The summed E-state index contributed by atoms with van der Waals surface area (Å²) in [5.41, 5.74) is 3.98. The van der Waals surface area contributed by atoms with Crippen LogP contribution >= 0.6 is 0 Å². The largest absolute Gasteiger partial charge is 0.368 e. The maximum absolute atomic E-state index is 13.0. The average Bonchev–Trinajstić information content (AvgIpc) is 2.71. The molecule has 160 valence electrons. The van der Waals surface area contributed by atoms with Crippen LogP contribution in [0.15, 0.2) is 42.5 Å². The first kappa shape index (κ1) is 21.7. The van der Waals surface area contributed by atoms with E-state index in [4.69, 9.17) is 4.89 Å². The van der Waals surface area contributed by atoms with E-state index in [-0.39, 0.29) is 11.3 Å². The summed E-state index contributed by atoms with van der Waals surface area (Å²) >= 11 is 0. The molecule has 1 amide bonds. The van der Waals surface area contributed by atoms with Gasteiger partial charge in [0.25, 0.3) is 5.91 Å². The lowest BCUT2D eigenvalue weighted by molar-refractivity contribution is -0.211. The predicted octanol–water partition coefficient (Wildman–Crippen LogP) is 4.11. The Bertz CT molecular complexity index is 925. The summed E-state index contributed by atoms with van der Waals surface area (Å²) in [5.74, 6) is -0.105. The highest BCUT2D eigenvalue weighted by Crippen LogP contribution is 2.32. The molecule has 0 unspecified atom stereocenters.